The highest BCUT2D eigenvalue weighted by molar-refractivity contribution is 9.10. The first-order chi connectivity index (χ1) is 13.1. The molecular weight excluding hydrogens is 424 g/mol. The molecule has 7 heteroatoms. The van der Waals surface area contributed by atoms with Gasteiger partial charge in [-0.15, -0.1) is 0 Å². The molecule has 0 aromatic carbocycles. The number of aliphatic hydroxyl groups is 1. The van der Waals surface area contributed by atoms with Crippen molar-refractivity contribution in [1.82, 2.24) is 4.98 Å². The normalized spacial score (nSPS) is 20.1. The van der Waals surface area contributed by atoms with Gasteiger partial charge >= 0.3 is 5.97 Å². The molecule has 156 valence electrons. The standard InChI is InChI=1S/C21H31BrN2O4/c1-13-15(18(19(26)27)28-20(2,3)4)17(16(22)14(12-25)23-13)24-10-8-21(9-11-24)6-5-7-21/h18,25H,5-12H2,1-4H3,(H,26,27). The molecule has 2 fully saturated rings. The van der Waals surface area contributed by atoms with Gasteiger partial charge < -0.3 is 19.8 Å². The molecule has 1 aliphatic carbocycles. The SMILES string of the molecule is Cc1nc(CO)c(Br)c(N2CCC3(CCC3)CC2)c1C(OC(C)(C)C)C(=O)O. The van der Waals surface area contributed by atoms with Crippen molar-refractivity contribution in [2.45, 2.75) is 78.1 Å². The van der Waals surface area contributed by atoms with Crippen molar-refractivity contribution in [1.29, 1.82) is 0 Å². The number of nitrogens with zero attached hydrogens (tertiary/aromatic N) is 2. The zero-order chi connectivity index (χ0) is 20.7. The highest BCUT2D eigenvalue weighted by atomic mass is 79.9. The second-order valence-corrected chi connectivity index (χ2v) is 9.96. The molecule has 1 saturated heterocycles. The van der Waals surface area contributed by atoms with Gasteiger partial charge in [-0.25, -0.2) is 4.79 Å². The van der Waals surface area contributed by atoms with E-state index in [9.17, 15) is 15.0 Å². The summed E-state index contributed by atoms with van der Waals surface area (Å²) in [6.45, 7) is 8.90. The smallest absolute Gasteiger partial charge is 0.337 e. The fourth-order valence-electron chi connectivity index (χ4n) is 4.43. The molecule has 0 amide bonds. The van der Waals surface area contributed by atoms with Gasteiger partial charge in [0.25, 0.3) is 0 Å². The lowest BCUT2D eigenvalue weighted by atomic mass is 9.63. The fourth-order valence-corrected chi connectivity index (χ4v) is 5.11. The number of rotatable bonds is 5. The Morgan fingerprint density at radius 3 is 2.32 bits per heavy atom. The summed E-state index contributed by atoms with van der Waals surface area (Å²) >= 11 is 3.61. The number of carboxylic acids is 1. The maximum absolute atomic E-state index is 12.2. The number of carbonyl (C=O) groups is 1. The van der Waals surface area contributed by atoms with E-state index in [1.807, 2.05) is 20.8 Å². The minimum atomic E-state index is -1.12. The lowest BCUT2D eigenvalue weighted by Crippen LogP contribution is -2.44. The molecule has 1 unspecified atom stereocenters. The summed E-state index contributed by atoms with van der Waals surface area (Å²) in [6.07, 6.45) is 5.04. The van der Waals surface area contributed by atoms with Crippen molar-refractivity contribution in [2.75, 3.05) is 18.0 Å². The zero-order valence-corrected chi connectivity index (χ0v) is 18.8. The van der Waals surface area contributed by atoms with Gasteiger partial charge in [0.2, 0.25) is 0 Å². The highest BCUT2D eigenvalue weighted by Gasteiger charge is 2.41. The molecule has 1 aromatic heterocycles. The lowest BCUT2D eigenvalue weighted by molar-refractivity contribution is -0.160. The number of aliphatic hydroxyl groups excluding tert-OH is 1. The quantitative estimate of drug-likeness (QED) is 0.687. The number of aliphatic carboxylic acids is 1. The minimum absolute atomic E-state index is 0.204. The van der Waals surface area contributed by atoms with Crippen molar-refractivity contribution in [2.24, 2.45) is 5.41 Å². The third-order valence-electron chi connectivity index (χ3n) is 6.07. The van der Waals surface area contributed by atoms with Crippen LogP contribution in [0.4, 0.5) is 5.69 Å². The van der Waals surface area contributed by atoms with Crippen LogP contribution >= 0.6 is 15.9 Å². The van der Waals surface area contributed by atoms with Crippen LogP contribution in [-0.2, 0) is 16.1 Å². The Hall–Kier alpha value is -1.18. The molecule has 0 radical (unpaired) electrons. The number of hydrogen-bond donors (Lipinski definition) is 2. The van der Waals surface area contributed by atoms with Crippen molar-refractivity contribution in [3.63, 3.8) is 0 Å². The predicted octanol–water partition coefficient (Wildman–Crippen LogP) is 4.36. The monoisotopic (exact) mass is 454 g/mol. The molecule has 3 rings (SSSR count). The molecule has 6 nitrogen and oxygen atoms in total. The molecule has 1 saturated carbocycles. The Morgan fingerprint density at radius 1 is 1.29 bits per heavy atom. The molecule has 1 spiro atoms. The Labute approximate surface area is 175 Å². The first kappa shape index (κ1) is 21.5. The van der Waals surface area contributed by atoms with Crippen molar-refractivity contribution in [3.05, 3.63) is 21.4 Å². The molecule has 1 atom stereocenters. The van der Waals surface area contributed by atoms with Crippen molar-refractivity contribution in [3.8, 4) is 0 Å². The Kier molecular flexibility index (Phi) is 6.09. The van der Waals surface area contributed by atoms with E-state index in [1.165, 1.54) is 19.3 Å². The summed E-state index contributed by atoms with van der Waals surface area (Å²) in [5.41, 5.74) is 2.37. The summed E-state index contributed by atoms with van der Waals surface area (Å²) in [4.78, 5) is 18.9. The highest BCUT2D eigenvalue weighted by Crippen LogP contribution is 2.50. The number of halogens is 1. The second-order valence-electron chi connectivity index (χ2n) is 9.17. The summed E-state index contributed by atoms with van der Waals surface area (Å²) in [6, 6.07) is 0. The average molecular weight is 455 g/mol. The topological polar surface area (TPSA) is 82.9 Å². The van der Waals surface area contributed by atoms with Crippen LogP contribution in [0.1, 0.15) is 75.9 Å². The predicted molar refractivity (Wildman–Crippen MR) is 112 cm³/mol. The number of ether oxygens (including phenoxy) is 1. The van der Waals surface area contributed by atoms with E-state index in [-0.39, 0.29) is 6.61 Å². The van der Waals surface area contributed by atoms with Crippen LogP contribution < -0.4 is 4.90 Å². The van der Waals surface area contributed by atoms with E-state index in [4.69, 9.17) is 4.74 Å². The Balaban J connectivity index is 2.05. The van der Waals surface area contributed by atoms with Crippen LogP contribution in [0.25, 0.3) is 0 Å². The van der Waals surface area contributed by atoms with Crippen LogP contribution in [-0.4, -0.2) is 39.9 Å². The Bertz CT molecular complexity index is 746. The average Bonchev–Trinajstić information content (AvgIpc) is 2.59. The van der Waals surface area contributed by atoms with Crippen molar-refractivity contribution < 1.29 is 19.7 Å². The van der Waals surface area contributed by atoms with Crippen LogP contribution in [0.15, 0.2) is 4.47 Å². The molecule has 1 aromatic rings. The number of anilines is 1. The van der Waals surface area contributed by atoms with Crippen LogP contribution in [0.2, 0.25) is 0 Å². The molecule has 2 aliphatic rings. The van der Waals surface area contributed by atoms with Gasteiger partial charge in [0.05, 0.1) is 28.1 Å². The first-order valence-corrected chi connectivity index (χ1v) is 10.8. The zero-order valence-electron chi connectivity index (χ0n) is 17.2. The number of aromatic nitrogens is 1. The van der Waals surface area contributed by atoms with Gasteiger partial charge in [0.15, 0.2) is 6.10 Å². The van der Waals surface area contributed by atoms with E-state index in [0.29, 0.717) is 26.8 Å². The molecule has 28 heavy (non-hydrogen) atoms. The van der Waals surface area contributed by atoms with Gasteiger partial charge in [-0.1, -0.05) is 6.42 Å². The maximum Gasteiger partial charge on any atom is 0.337 e. The summed E-state index contributed by atoms with van der Waals surface area (Å²) < 4.78 is 6.62. The van der Waals surface area contributed by atoms with E-state index in [0.717, 1.165) is 31.6 Å². The fraction of sp³-hybridized carbons (Fsp3) is 0.714. The van der Waals surface area contributed by atoms with Crippen LogP contribution in [0, 0.1) is 12.3 Å². The number of aryl methyl sites for hydroxylation is 1. The van der Waals surface area contributed by atoms with Crippen LogP contribution in [0.5, 0.6) is 0 Å². The number of hydrogen-bond acceptors (Lipinski definition) is 5. The third-order valence-corrected chi connectivity index (χ3v) is 6.90. The first-order valence-electron chi connectivity index (χ1n) is 10.0. The number of carboxylic acid groups (broad SMARTS) is 1. The van der Waals surface area contributed by atoms with Gasteiger partial charge in [0.1, 0.15) is 0 Å². The van der Waals surface area contributed by atoms with Gasteiger partial charge in [0, 0.05) is 24.3 Å². The third kappa shape index (κ3) is 4.21. The lowest BCUT2D eigenvalue weighted by Gasteiger charge is -2.49. The van der Waals surface area contributed by atoms with Gasteiger partial charge in [-0.3, -0.25) is 4.98 Å². The molecular formula is C21H31BrN2O4. The van der Waals surface area contributed by atoms with E-state index < -0.39 is 17.7 Å². The summed E-state index contributed by atoms with van der Waals surface area (Å²) in [5.74, 6) is -1.03. The summed E-state index contributed by atoms with van der Waals surface area (Å²) in [7, 11) is 0. The minimum Gasteiger partial charge on any atom is -0.479 e. The van der Waals surface area contributed by atoms with E-state index >= 15 is 0 Å². The largest absolute Gasteiger partial charge is 0.479 e. The van der Waals surface area contributed by atoms with Crippen LogP contribution in [0.3, 0.4) is 0 Å². The second kappa shape index (κ2) is 7.92. The summed E-state index contributed by atoms with van der Waals surface area (Å²) in [5, 5.41) is 19.7. The molecule has 1 aliphatic heterocycles. The van der Waals surface area contributed by atoms with E-state index in [2.05, 4.69) is 25.8 Å². The molecule has 2 heterocycles. The van der Waals surface area contributed by atoms with Gasteiger partial charge in [-0.05, 0) is 74.7 Å². The van der Waals surface area contributed by atoms with E-state index in [1.54, 1.807) is 6.92 Å². The van der Waals surface area contributed by atoms with Crippen molar-refractivity contribution >= 4 is 27.6 Å². The number of piperidine rings is 1. The van der Waals surface area contributed by atoms with Gasteiger partial charge in [-0.2, -0.15) is 0 Å². The molecule has 0 bridgehead atoms. The molecule has 2 N–H and O–H groups in total. The Morgan fingerprint density at radius 2 is 1.89 bits per heavy atom. The number of pyridine rings is 1. The maximum atomic E-state index is 12.2.